The molecular formula is C20H22N4OS2. The molecule has 0 fully saturated rings. The van der Waals surface area contributed by atoms with Gasteiger partial charge in [0.05, 0.1) is 11.8 Å². The number of thioether (sulfide) groups is 1. The Morgan fingerprint density at radius 1 is 1.30 bits per heavy atom. The molecule has 27 heavy (non-hydrogen) atoms. The van der Waals surface area contributed by atoms with Gasteiger partial charge in [-0.3, -0.25) is 4.79 Å². The van der Waals surface area contributed by atoms with Gasteiger partial charge in [0.2, 0.25) is 5.91 Å². The Morgan fingerprint density at radius 2 is 2.19 bits per heavy atom. The number of aryl methyl sites for hydroxylation is 1. The minimum Gasteiger partial charge on any atom is -0.349 e. The lowest BCUT2D eigenvalue weighted by Gasteiger charge is -2.26. The number of fused-ring (bicyclic) bond motifs is 1. The van der Waals surface area contributed by atoms with Gasteiger partial charge in [-0.15, -0.1) is 21.5 Å². The van der Waals surface area contributed by atoms with Crippen LogP contribution in [0.1, 0.15) is 40.7 Å². The van der Waals surface area contributed by atoms with E-state index in [9.17, 15) is 4.79 Å². The summed E-state index contributed by atoms with van der Waals surface area (Å²) in [7, 11) is 1.96. The van der Waals surface area contributed by atoms with Crippen molar-refractivity contribution in [2.24, 2.45) is 7.05 Å². The lowest BCUT2D eigenvalue weighted by molar-refractivity contribution is -0.119. The number of aromatic nitrogens is 3. The summed E-state index contributed by atoms with van der Waals surface area (Å²) in [5.74, 6) is 1.31. The Kier molecular flexibility index (Phi) is 5.59. The van der Waals surface area contributed by atoms with E-state index in [-0.39, 0.29) is 11.9 Å². The van der Waals surface area contributed by atoms with E-state index in [1.165, 1.54) is 27.8 Å². The maximum Gasteiger partial charge on any atom is 0.230 e. The summed E-state index contributed by atoms with van der Waals surface area (Å²) in [4.78, 5) is 13.7. The van der Waals surface area contributed by atoms with Gasteiger partial charge in [-0.1, -0.05) is 42.1 Å². The number of carbonyl (C=O) groups excluding carboxylic acids is 1. The number of rotatable bonds is 6. The zero-order chi connectivity index (χ0) is 18.6. The van der Waals surface area contributed by atoms with Gasteiger partial charge in [0.25, 0.3) is 0 Å². The quantitative estimate of drug-likeness (QED) is 0.643. The molecule has 3 aromatic rings. The highest BCUT2D eigenvalue weighted by molar-refractivity contribution is 7.99. The van der Waals surface area contributed by atoms with Crippen LogP contribution in [-0.2, 0) is 24.7 Å². The lowest BCUT2D eigenvalue weighted by Crippen LogP contribution is -2.32. The third kappa shape index (κ3) is 4.25. The highest BCUT2D eigenvalue weighted by atomic mass is 32.2. The average molecular weight is 399 g/mol. The number of nitrogens with one attached hydrogen (secondary N) is 1. The Bertz CT molecular complexity index is 920. The average Bonchev–Trinajstić information content (AvgIpc) is 3.31. The van der Waals surface area contributed by atoms with Crippen LogP contribution in [0.15, 0.2) is 46.9 Å². The van der Waals surface area contributed by atoms with Crippen molar-refractivity contribution in [1.29, 1.82) is 0 Å². The molecule has 1 amide bonds. The summed E-state index contributed by atoms with van der Waals surface area (Å²) in [5.41, 5.74) is 2.62. The van der Waals surface area contributed by atoms with Crippen LogP contribution in [0, 0.1) is 0 Å². The zero-order valence-electron chi connectivity index (χ0n) is 15.2. The van der Waals surface area contributed by atoms with Gasteiger partial charge in [-0.2, -0.15) is 0 Å². The van der Waals surface area contributed by atoms with Crippen LogP contribution < -0.4 is 5.32 Å². The molecule has 0 unspecified atom stereocenters. The molecule has 0 saturated carbocycles. The fourth-order valence-corrected chi connectivity index (χ4v) is 4.91. The molecule has 0 bridgehead atoms. The number of thiophene rings is 1. The predicted molar refractivity (Wildman–Crippen MR) is 109 cm³/mol. The molecule has 1 atom stereocenters. The summed E-state index contributed by atoms with van der Waals surface area (Å²) in [6, 6.07) is 12.7. The van der Waals surface area contributed by atoms with Crippen molar-refractivity contribution in [2.45, 2.75) is 36.9 Å². The van der Waals surface area contributed by atoms with Crippen molar-refractivity contribution in [1.82, 2.24) is 20.1 Å². The summed E-state index contributed by atoms with van der Waals surface area (Å²) in [6.45, 7) is 0. The molecule has 140 valence electrons. The summed E-state index contributed by atoms with van der Waals surface area (Å²) < 4.78 is 1.98. The summed E-state index contributed by atoms with van der Waals surface area (Å²) in [6.07, 6.45) is 3.99. The van der Waals surface area contributed by atoms with E-state index in [0.29, 0.717) is 5.75 Å². The first-order valence-corrected chi connectivity index (χ1v) is 11.0. The molecule has 0 spiro atoms. The standard InChI is InChI=1S/C20H22N4OS2/c1-24-18(12-15-8-5-11-26-15)22-23-20(24)27-13-19(25)21-17-10-4-7-14-6-2-3-9-16(14)17/h2-3,5-6,8-9,11,17H,4,7,10,12-13H2,1H3,(H,21,25)/t17-/m0/s1. The second-order valence-electron chi connectivity index (χ2n) is 6.71. The van der Waals surface area contributed by atoms with Gasteiger partial charge in [0.1, 0.15) is 5.82 Å². The van der Waals surface area contributed by atoms with Crippen LogP contribution in [0.3, 0.4) is 0 Å². The molecule has 2 heterocycles. The summed E-state index contributed by atoms with van der Waals surface area (Å²) in [5, 5.41) is 14.6. The van der Waals surface area contributed by atoms with Crippen molar-refractivity contribution >= 4 is 29.0 Å². The first kappa shape index (κ1) is 18.3. The maximum atomic E-state index is 12.5. The molecule has 0 aliphatic heterocycles. The first-order chi connectivity index (χ1) is 13.2. The molecule has 7 heteroatoms. The zero-order valence-corrected chi connectivity index (χ0v) is 16.9. The number of benzene rings is 1. The van der Waals surface area contributed by atoms with Gasteiger partial charge in [-0.05, 0) is 41.8 Å². The molecule has 0 saturated heterocycles. The number of amides is 1. The minimum atomic E-state index is 0.0458. The smallest absolute Gasteiger partial charge is 0.230 e. The predicted octanol–water partition coefficient (Wildman–Crippen LogP) is 3.75. The van der Waals surface area contributed by atoms with E-state index in [2.05, 4.69) is 45.2 Å². The molecule has 4 rings (SSSR count). The maximum absolute atomic E-state index is 12.5. The third-order valence-electron chi connectivity index (χ3n) is 4.87. The fourth-order valence-electron chi connectivity index (χ4n) is 3.46. The first-order valence-electron chi connectivity index (χ1n) is 9.11. The van der Waals surface area contributed by atoms with E-state index in [0.717, 1.165) is 36.7 Å². The van der Waals surface area contributed by atoms with E-state index in [1.807, 2.05) is 23.7 Å². The molecule has 1 aliphatic rings. The van der Waals surface area contributed by atoms with Crippen molar-refractivity contribution in [3.63, 3.8) is 0 Å². The van der Waals surface area contributed by atoms with Gasteiger partial charge in [-0.25, -0.2) is 0 Å². The Labute approximate surface area is 167 Å². The van der Waals surface area contributed by atoms with E-state index < -0.39 is 0 Å². The fraction of sp³-hybridized carbons (Fsp3) is 0.350. The van der Waals surface area contributed by atoms with Crippen LogP contribution >= 0.6 is 23.1 Å². The van der Waals surface area contributed by atoms with Crippen LogP contribution in [0.5, 0.6) is 0 Å². The monoisotopic (exact) mass is 398 g/mol. The third-order valence-corrected chi connectivity index (χ3v) is 6.77. The molecule has 5 nitrogen and oxygen atoms in total. The molecule has 1 N–H and O–H groups in total. The second kappa shape index (κ2) is 8.27. The van der Waals surface area contributed by atoms with Crippen molar-refractivity contribution in [3.05, 3.63) is 63.6 Å². The van der Waals surface area contributed by atoms with Crippen LogP contribution in [0.2, 0.25) is 0 Å². The number of nitrogens with zero attached hydrogens (tertiary/aromatic N) is 3. The SMILES string of the molecule is Cn1c(Cc2cccs2)nnc1SCC(=O)N[C@H]1CCCc2ccccc21. The molecular weight excluding hydrogens is 376 g/mol. The Balaban J connectivity index is 1.34. The van der Waals surface area contributed by atoms with Gasteiger partial charge in [0, 0.05) is 18.3 Å². The van der Waals surface area contributed by atoms with Gasteiger partial charge >= 0.3 is 0 Å². The van der Waals surface area contributed by atoms with Gasteiger partial charge < -0.3 is 9.88 Å². The number of hydrogen-bond acceptors (Lipinski definition) is 5. The van der Waals surface area contributed by atoms with Crippen molar-refractivity contribution in [3.8, 4) is 0 Å². The van der Waals surface area contributed by atoms with E-state index in [1.54, 1.807) is 11.3 Å². The van der Waals surface area contributed by atoms with E-state index >= 15 is 0 Å². The normalized spacial score (nSPS) is 16.1. The number of hydrogen-bond donors (Lipinski definition) is 1. The van der Waals surface area contributed by atoms with Crippen molar-refractivity contribution < 1.29 is 4.79 Å². The number of carbonyl (C=O) groups is 1. The molecule has 1 aromatic carbocycles. The highest BCUT2D eigenvalue weighted by Gasteiger charge is 2.21. The van der Waals surface area contributed by atoms with Crippen LogP contribution in [-0.4, -0.2) is 26.4 Å². The highest BCUT2D eigenvalue weighted by Crippen LogP contribution is 2.29. The van der Waals surface area contributed by atoms with Gasteiger partial charge in [0.15, 0.2) is 5.16 Å². The van der Waals surface area contributed by atoms with Crippen LogP contribution in [0.4, 0.5) is 0 Å². The molecule has 2 aromatic heterocycles. The Morgan fingerprint density at radius 3 is 3.04 bits per heavy atom. The largest absolute Gasteiger partial charge is 0.349 e. The molecule has 0 radical (unpaired) electrons. The van der Waals surface area contributed by atoms with Crippen LogP contribution in [0.25, 0.3) is 0 Å². The summed E-state index contributed by atoms with van der Waals surface area (Å²) >= 11 is 3.15. The van der Waals surface area contributed by atoms with E-state index in [4.69, 9.17) is 0 Å². The lowest BCUT2D eigenvalue weighted by atomic mass is 9.88. The van der Waals surface area contributed by atoms with Crippen molar-refractivity contribution in [2.75, 3.05) is 5.75 Å². The second-order valence-corrected chi connectivity index (χ2v) is 8.69. The topological polar surface area (TPSA) is 59.8 Å². The Hall–Kier alpha value is -2.12. The minimum absolute atomic E-state index is 0.0458. The molecule has 1 aliphatic carbocycles.